The maximum Gasteiger partial charge on any atom is 0.450 e. The van der Waals surface area contributed by atoms with E-state index in [0.717, 1.165) is 29.0 Å². The first-order valence-electron chi connectivity index (χ1n) is 10.0. The predicted octanol–water partition coefficient (Wildman–Crippen LogP) is 5.90. The van der Waals surface area contributed by atoms with E-state index in [1.54, 1.807) is 36.4 Å². The molecule has 1 aliphatic heterocycles. The predicted molar refractivity (Wildman–Crippen MR) is 114 cm³/mol. The van der Waals surface area contributed by atoms with Crippen molar-refractivity contribution >= 4 is 16.7 Å². The Morgan fingerprint density at radius 1 is 1.06 bits per heavy atom. The molecule has 0 amide bonds. The summed E-state index contributed by atoms with van der Waals surface area (Å²) >= 11 is 0. The Hall–Kier alpha value is -3.48. The molecular formula is C24H20F3N3O. The van der Waals surface area contributed by atoms with Crippen molar-refractivity contribution in [3.63, 3.8) is 0 Å². The van der Waals surface area contributed by atoms with Crippen LogP contribution in [0, 0.1) is 6.92 Å². The first kappa shape index (κ1) is 19.5. The van der Waals surface area contributed by atoms with Gasteiger partial charge < -0.3 is 10.1 Å². The van der Waals surface area contributed by atoms with Crippen LogP contribution in [0.15, 0.2) is 60.7 Å². The van der Waals surface area contributed by atoms with E-state index in [0.29, 0.717) is 29.9 Å². The van der Waals surface area contributed by atoms with Gasteiger partial charge in [0.1, 0.15) is 5.75 Å². The number of rotatable bonds is 4. The second-order valence-electron chi connectivity index (χ2n) is 7.59. The van der Waals surface area contributed by atoms with Gasteiger partial charge in [0.15, 0.2) is 0 Å². The standard InChI is InChI=1S/C24H20F3N3O/c1-15-17(14-28-18-10-9-16-11-12-31-22(16)13-18)5-4-8-20(15)30-21-7-3-2-6-19(21)29-23(30)24(25,26)27/h2-10,13,28H,11-12,14H2,1H3. The van der Waals surface area contributed by atoms with Crippen LogP contribution in [0.1, 0.15) is 22.5 Å². The number of fused-ring (bicyclic) bond motifs is 2. The van der Waals surface area contributed by atoms with E-state index in [1.807, 2.05) is 31.2 Å². The number of benzene rings is 3. The smallest absolute Gasteiger partial charge is 0.450 e. The lowest BCUT2D eigenvalue weighted by Gasteiger charge is -2.17. The van der Waals surface area contributed by atoms with Gasteiger partial charge in [0.25, 0.3) is 0 Å². The Bertz CT molecular complexity index is 1280. The van der Waals surface area contributed by atoms with E-state index < -0.39 is 12.0 Å². The highest BCUT2D eigenvalue weighted by Gasteiger charge is 2.38. The summed E-state index contributed by atoms with van der Waals surface area (Å²) in [5.74, 6) is -0.0344. The number of hydrogen-bond donors (Lipinski definition) is 1. The zero-order chi connectivity index (χ0) is 21.6. The number of halogens is 3. The van der Waals surface area contributed by atoms with Crippen molar-refractivity contribution in [1.29, 1.82) is 0 Å². The van der Waals surface area contributed by atoms with Crippen LogP contribution in [0.5, 0.6) is 5.75 Å². The summed E-state index contributed by atoms with van der Waals surface area (Å²) in [6, 6.07) is 18.1. The first-order valence-corrected chi connectivity index (χ1v) is 10.0. The molecule has 4 nitrogen and oxygen atoms in total. The van der Waals surface area contributed by atoms with E-state index in [1.165, 1.54) is 10.1 Å². The van der Waals surface area contributed by atoms with Gasteiger partial charge in [0.2, 0.25) is 5.82 Å². The first-order chi connectivity index (χ1) is 14.9. The average Bonchev–Trinajstić information content (AvgIpc) is 3.37. The minimum atomic E-state index is -4.57. The molecule has 4 aromatic rings. The number of aromatic nitrogens is 2. The van der Waals surface area contributed by atoms with Gasteiger partial charge in [-0.15, -0.1) is 0 Å². The second kappa shape index (κ2) is 7.34. The van der Waals surface area contributed by atoms with Crippen molar-refractivity contribution in [3.05, 3.63) is 83.2 Å². The lowest BCUT2D eigenvalue weighted by molar-refractivity contribution is -0.145. The molecule has 1 aromatic heterocycles. The Labute approximate surface area is 177 Å². The Morgan fingerprint density at radius 2 is 1.90 bits per heavy atom. The number of nitrogens with one attached hydrogen (secondary N) is 1. The number of nitrogens with zero attached hydrogens (tertiary/aromatic N) is 2. The summed E-state index contributed by atoms with van der Waals surface area (Å²) < 4.78 is 48.1. The topological polar surface area (TPSA) is 39.1 Å². The van der Waals surface area contributed by atoms with E-state index >= 15 is 0 Å². The monoisotopic (exact) mass is 423 g/mol. The fourth-order valence-corrected chi connectivity index (χ4v) is 4.04. The number of anilines is 1. The molecule has 0 aliphatic carbocycles. The molecule has 0 saturated heterocycles. The molecule has 0 spiro atoms. The highest BCUT2D eigenvalue weighted by molar-refractivity contribution is 5.79. The molecule has 7 heteroatoms. The van der Waals surface area contributed by atoms with E-state index in [9.17, 15) is 13.2 Å². The molecular weight excluding hydrogens is 403 g/mol. The van der Waals surface area contributed by atoms with Crippen molar-refractivity contribution in [1.82, 2.24) is 9.55 Å². The zero-order valence-electron chi connectivity index (χ0n) is 16.8. The van der Waals surface area contributed by atoms with Crippen molar-refractivity contribution in [2.24, 2.45) is 0 Å². The van der Waals surface area contributed by atoms with Crippen molar-refractivity contribution in [3.8, 4) is 11.4 Å². The van der Waals surface area contributed by atoms with Crippen LogP contribution in [0.2, 0.25) is 0 Å². The molecule has 3 aromatic carbocycles. The molecule has 0 bridgehead atoms. The highest BCUT2D eigenvalue weighted by atomic mass is 19.4. The molecule has 0 atom stereocenters. The van der Waals surface area contributed by atoms with Crippen molar-refractivity contribution in [2.45, 2.75) is 26.1 Å². The minimum Gasteiger partial charge on any atom is -0.493 e. The fraction of sp³-hybridized carbons (Fsp3) is 0.208. The van der Waals surface area contributed by atoms with Crippen LogP contribution in [-0.4, -0.2) is 16.2 Å². The highest BCUT2D eigenvalue weighted by Crippen LogP contribution is 2.35. The van der Waals surface area contributed by atoms with Gasteiger partial charge in [0.05, 0.1) is 23.3 Å². The molecule has 1 N–H and O–H groups in total. The molecule has 2 heterocycles. The third kappa shape index (κ3) is 3.50. The summed E-state index contributed by atoms with van der Waals surface area (Å²) in [5, 5.41) is 3.36. The zero-order valence-corrected chi connectivity index (χ0v) is 16.8. The van der Waals surface area contributed by atoms with Gasteiger partial charge in [-0.25, -0.2) is 4.98 Å². The number of ether oxygens (including phenoxy) is 1. The fourth-order valence-electron chi connectivity index (χ4n) is 4.04. The summed E-state index contributed by atoms with van der Waals surface area (Å²) in [5.41, 5.74) is 4.99. The van der Waals surface area contributed by atoms with E-state index in [2.05, 4.69) is 10.3 Å². The van der Waals surface area contributed by atoms with Gasteiger partial charge >= 0.3 is 6.18 Å². The molecule has 0 fully saturated rings. The number of para-hydroxylation sites is 2. The lowest BCUT2D eigenvalue weighted by Crippen LogP contribution is -2.15. The Morgan fingerprint density at radius 3 is 2.74 bits per heavy atom. The average molecular weight is 423 g/mol. The van der Waals surface area contributed by atoms with Gasteiger partial charge in [-0.1, -0.05) is 30.3 Å². The summed E-state index contributed by atoms with van der Waals surface area (Å²) in [6.45, 7) is 3.01. The number of alkyl halides is 3. The van der Waals surface area contributed by atoms with Crippen LogP contribution in [0.3, 0.4) is 0 Å². The van der Waals surface area contributed by atoms with Crippen LogP contribution in [0.25, 0.3) is 16.7 Å². The van der Waals surface area contributed by atoms with Gasteiger partial charge in [-0.2, -0.15) is 13.2 Å². The molecule has 1 aliphatic rings. The molecule has 31 heavy (non-hydrogen) atoms. The van der Waals surface area contributed by atoms with Crippen LogP contribution < -0.4 is 10.1 Å². The minimum absolute atomic E-state index is 0.316. The number of hydrogen-bond acceptors (Lipinski definition) is 3. The van der Waals surface area contributed by atoms with Gasteiger partial charge in [-0.05, 0) is 47.9 Å². The van der Waals surface area contributed by atoms with Crippen molar-refractivity contribution < 1.29 is 17.9 Å². The third-order valence-electron chi connectivity index (χ3n) is 5.65. The molecule has 0 saturated carbocycles. The molecule has 0 unspecified atom stereocenters. The SMILES string of the molecule is Cc1c(CNc2ccc3c(c2)OCC3)cccc1-n1c(C(F)(F)F)nc2ccccc21. The van der Waals surface area contributed by atoms with Crippen LogP contribution >= 0.6 is 0 Å². The van der Waals surface area contributed by atoms with Crippen molar-refractivity contribution in [2.75, 3.05) is 11.9 Å². The summed E-state index contributed by atoms with van der Waals surface area (Å²) in [7, 11) is 0. The maximum atomic E-state index is 13.8. The Balaban J connectivity index is 1.52. The molecule has 0 radical (unpaired) electrons. The molecule has 158 valence electrons. The van der Waals surface area contributed by atoms with E-state index in [-0.39, 0.29) is 0 Å². The van der Waals surface area contributed by atoms with Crippen LogP contribution in [0.4, 0.5) is 18.9 Å². The lowest BCUT2D eigenvalue weighted by atomic mass is 10.1. The summed E-state index contributed by atoms with van der Waals surface area (Å²) in [6.07, 6.45) is -3.65. The third-order valence-corrected chi connectivity index (χ3v) is 5.65. The quantitative estimate of drug-likeness (QED) is 0.444. The maximum absolute atomic E-state index is 13.8. The van der Waals surface area contributed by atoms with Crippen LogP contribution in [-0.2, 0) is 19.1 Å². The Kier molecular flexibility index (Phi) is 4.61. The normalized spacial score (nSPS) is 13.3. The second-order valence-corrected chi connectivity index (χ2v) is 7.59. The molecule has 5 rings (SSSR count). The van der Waals surface area contributed by atoms with Gasteiger partial charge in [0, 0.05) is 24.7 Å². The summed E-state index contributed by atoms with van der Waals surface area (Å²) in [4.78, 5) is 3.87. The van der Waals surface area contributed by atoms with Gasteiger partial charge in [-0.3, -0.25) is 4.57 Å². The number of imidazole rings is 1. The van der Waals surface area contributed by atoms with E-state index in [4.69, 9.17) is 4.74 Å². The largest absolute Gasteiger partial charge is 0.493 e.